The van der Waals surface area contributed by atoms with Gasteiger partial charge in [-0.05, 0) is 31.4 Å². The molecule has 4 rings (SSSR count). The zero-order valence-corrected chi connectivity index (χ0v) is 14.9. The molecule has 2 aromatic rings. The first kappa shape index (κ1) is 17.0. The van der Waals surface area contributed by atoms with Crippen LogP contribution >= 0.6 is 11.8 Å². The van der Waals surface area contributed by atoms with Gasteiger partial charge in [-0.1, -0.05) is 23.9 Å². The Morgan fingerprint density at radius 3 is 2.88 bits per heavy atom. The lowest BCUT2D eigenvalue weighted by molar-refractivity contribution is -0.130. The van der Waals surface area contributed by atoms with Crippen LogP contribution in [0.4, 0.5) is 0 Å². The van der Waals surface area contributed by atoms with Gasteiger partial charge in [-0.2, -0.15) is 0 Å². The van der Waals surface area contributed by atoms with Crippen LogP contribution in [0.15, 0.2) is 34.2 Å². The minimum absolute atomic E-state index is 0.0106. The lowest BCUT2D eigenvalue weighted by Gasteiger charge is -2.23. The van der Waals surface area contributed by atoms with Gasteiger partial charge < -0.3 is 14.2 Å². The number of fused-ring (bicyclic) bond motifs is 1. The number of thioether (sulfide) groups is 1. The van der Waals surface area contributed by atoms with Crippen LogP contribution in [0.5, 0.6) is 0 Å². The first-order valence-electron chi connectivity index (χ1n) is 8.74. The molecule has 0 saturated carbocycles. The molecule has 1 aromatic heterocycles. The summed E-state index contributed by atoms with van der Waals surface area (Å²) in [5.74, 6) is 0.764. The van der Waals surface area contributed by atoms with Crippen molar-refractivity contribution < 1.29 is 14.2 Å². The Morgan fingerprint density at radius 2 is 2.08 bits per heavy atom. The SMILES string of the molecule is O=c1c2ccccc2nc(SC[C@@H]2CCOCO2)n1C[C@@H]1CCCO1. The smallest absolute Gasteiger partial charge is 0.262 e. The second-order valence-electron chi connectivity index (χ2n) is 6.38. The molecule has 0 bridgehead atoms. The molecule has 2 saturated heterocycles. The van der Waals surface area contributed by atoms with Crippen molar-refractivity contribution in [2.45, 2.75) is 43.2 Å². The topological polar surface area (TPSA) is 62.6 Å². The molecule has 2 fully saturated rings. The van der Waals surface area contributed by atoms with E-state index in [4.69, 9.17) is 19.2 Å². The van der Waals surface area contributed by atoms with Gasteiger partial charge in [-0.15, -0.1) is 0 Å². The zero-order chi connectivity index (χ0) is 17.1. The van der Waals surface area contributed by atoms with Gasteiger partial charge >= 0.3 is 0 Å². The predicted octanol–water partition coefficient (Wildman–Crippen LogP) is 2.43. The van der Waals surface area contributed by atoms with E-state index in [0.29, 0.717) is 18.7 Å². The molecule has 0 spiro atoms. The van der Waals surface area contributed by atoms with Gasteiger partial charge in [0.2, 0.25) is 0 Å². The number of benzene rings is 1. The molecule has 1 aromatic carbocycles. The average Bonchev–Trinajstić information content (AvgIpc) is 3.17. The Balaban J connectivity index is 1.63. The third-order valence-electron chi connectivity index (χ3n) is 4.61. The predicted molar refractivity (Wildman–Crippen MR) is 96.0 cm³/mol. The summed E-state index contributed by atoms with van der Waals surface area (Å²) in [7, 11) is 0. The highest BCUT2D eigenvalue weighted by Crippen LogP contribution is 2.23. The minimum atomic E-state index is 0.0106. The molecule has 2 aliphatic heterocycles. The fourth-order valence-corrected chi connectivity index (χ4v) is 4.29. The molecule has 0 N–H and O–H groups in total. The van der Waals surface area contributed by atoms with E-state index in [0.717, 1.165) is 48.9 Å². The quantitative estimate of drug-likeness (QED) is 0.601. The van der Waals surface area contributed by atoms with Crippen LogP contribution in [-0.4, -0.2) is 47.5 Å². The first-order chi connectivity index (χ1) is 12.3. The number of para-hydroxylation sites is 1. The second-order valence-corrected chi connectivity index (χ2v) is 7.36. The fraction of sp³-hybridized carbons (Fsp3) is 0.556. The van der Waals surface area contributed by atoms with E-state index in [1.807, 2.05) is 24.3 Å². The fourth-order valence-electron chi connectivity index (χ4n) is 3.21. The highest BCUT2D eigenvalue weighted by molar-refractivity contribution is 7.99. The van der Waals surface area contributed by atoms with Crippen LogP contribution in [0.3, 0.4) is 0 Å². The van der Waals surface area contributed by atoms with Crippen molar-refractivity contribution in [3.8, 4) is 0 Å². The van der Waals surface area contributed by atoms with Crippen LogP contribution in [0.25, 0.3) is 10.9 Å². The normalized spacial score (nSPS) is 24.0. The third-order valence-corrected chi connectivity index (χ3v) is 5.71. The Bertz CT molecular complexity index is 782. The third kappa shape index (κ3) is 3.89. The van der Waals surface area contributed by atoms with Crippen molar-refractivity contribution >= 4 is 22.7 Å². The summed E-state index contributed by atoms with van der Waals surface area (Å²) in [6, 6.07) is 7.52. The monoisotopic (exact) mass is 362 g/mol. The molecular weight excluding hydrogens is 340 g/mol. The number of rotatable bonds is 5. The molecule has 0 aliphatic carbocycles. The van der Waals surface area contributed by atoms with E-state index < -0.39 is 0 Å². The molecule has 2 aliphatic rings. The molecule has 3 heterocycles. The van der Waals surface area contributed by atoms with Gasteiger partial charge in [-0.25, -0.2) is 4.98 Å². The number of hydrogen-bond donors (Lipinski definition) is 0. The van der Waals surface area contributed by atoms with Gasteiger partial charge in [0.05, 0.1) is 36.3 Å². The van der Waals surface area contributed by atoms with E-state index in [-0.39, 0.29) is 17.8 Å². The van der Waals surface area contributed by atoms with Gasteiger partial charge in [0.15, 0.2) is 5.16 Å². The Hall–Kier alpha value is -1.41. The summed E-state index contributed by atoms with van der Waals surface area (Å²) in [4.78, 5) is 17.7. The highest BCUT2D eigenvalue weighted by Gasteiger charge is 2.21. The maximum absolute atomic E-state index is 13.0. The van der Waals surface area contributed by atoms with Crippen LogP contribution in [0, 0.1) is 0 Å². The van der Waals surface area contributed by atoms with Gasteiger partial charge in [0.25, 0.3) is 5.56 Å². The molecular formula is C18H22N2O4S. The standard InChI is InChI=1S/C18H22N2O4S/c21-17-15-5-1-2-6-16(15)19-18(20(17)10-13-4-3-8-23-13)25-11-14-7-9-22-12-24-14/h1-2,5-6,13-14H,3-4,7-12H2/t13-,14-/m0/s1. The molecule has 6 nitrogen and oxygen atoms in total. The maximum atomic E-state index is 13.0. The van der Waals surface area contributed by atoms with Gasteiger partial charge in [-0.3, -0.25) is 9.36 Å². The number of aromatic nitrogens is 2. The maximum Gasteiger partial charge on any atom is 0.262 e. The lowest BCUT2D eigenvalue weighted by atomic mass is 10.2. The van der Waals surface area contributed by atoms with Crippen molar-refractivity contribution in [1.29, 1.82) is 0 Å². The average molecular weight is 362 g/mol. The first-order valence-corrected chi connectivity index (χ1v) is 9.73. The van der Waals surface area contributed by atoms with E-state index in [1.165, 1.54) is 0 Å². The number of hydrogen-bond acceptors (Lipinski definition) is 6. The minimum Gasteiger partial charge on any atom is -0.376 e. The molecule has 2 atom stereocenters. The molecule has 7 heteroatoms. The molecule has 0 amide bonds. The summed E-state index contributed by atoms with van der Waals surface area (Å²) in [5.41, 5.74) is 0.753. The molecule has 0 radical (unpaired) electrons. The molecule has 25 heavy (non-hydrogen) atoms. The molecule has 134 valence electrons. The van der Waals surface area contributed by atoms with Crippen molar-refractivity contribution in [3.05, 3.63) is 34.6 Å². The summed E-state index contributed by atoms with van der Waals surface area (Å²) >= 11 is 1.58. The lowest BCUT2D eigenvalue weighted by Crippen LogP contribution is -2.30. The summed E-state index contributed by atoms with van der Waals surface area (Å²) < 4.78 is 18.3. The Kier molecular flexibility index (Phi) is 5.36. The zero-order valence-electron chi connectivity index (χ0n) is 14.1. The summed E-state index contributed by atoms with van der Waals surface area (Å²) in [6.07, 6.45) is 3.15. The Morgan fingerprint density at radius 1 is 1.16 bits per heavy atom. The van der Waals surface area contributed by atoms with Crippen LogP contribution in [0.1, 0.15) is 19.3 Å². The van der Waals surface area contributed by atoms with Crippen molar-refractivity contribution in [3.63, 3.8) is 0 Å². The number of nitrogens with zero attached hydrogens (tertiary/aromatic N) is 2. The van der Waals surface area contributed by atoms with E-state index in [9.17, 15) is 4.79 Å². The van der Waals surface area contributed by atoms with E-state index >= 15 is 0 Å². The summed E-state index contributed by atoms with van der Waals surface area (Å²) in [5, 5.41) is 1.40. The Labute approximate surface area is 150 Å². The highest BCUT2D eigenvalue weighted by atomic mass is 32.2. The van der Waals surface area contributed by atoms with Crippen molar-refractivity contribution in [2.24, 2.45) is 0 Å². The van der Waals surface area contributed by atoms with Crippen LogP contribution < -0.4 is 5.56 Å². The van der Waals surface area contributed by atoms with Crippen molar-refractivity contribution in [1.82, 2.24) is 9.55 Å². The van der Waals surface area contributed by atoms with Crippen LogP contribution in [0.2, 0.25) is 0 Å². The second kappa shape index (κ2) is 7.86. The van der Waals surface area contributed by atoms with Gasteiger partial charge in [0.1, 0.15) is 6.79 Å². The van der Waals surface area contributed by atoms with E-state index in [2.05, 4.69) is 0 Å². The number of ether oxygens (including phenoxy) is 3. The van der Waals surface area contributed by atoms with Crippen molar-refractivity contribution in [2.75, 3.05) is 25.8 Å². The van der Waals surface area contributed by atoms with Crippen LogP contribution in [-0.2, 0) is 20.8 Å². The molecule has 0 unspecified atom stereocenters. The largest absolute Gasteiger partial charge is 0.376 e. The summed E-state index contributed by atoms with van der Waals surface area (Å²) in [6.45, 7) is 2.41. The van der Waals surface area contributed by atoms with E-state index in [1.54, 1.807) is 16.3 Å². The van der Waals surface area contributed by atoms with Gasteiger partial charge in [0, 0.05) is 12.4 Å².